The summed E-state index contributed by atoms with van der Waals surface area (Å²) in [4.78, 5) is 27.2. The molecule has 1 N–H and O–H groups in total. The number of nitrogens with one attached hydrogen (secondary N) is 1. The van der Waals surface area contributed by atoms with Gasteiger partial charge in [-0.1, -0.05) is 17.7 Å². The van der Waals surface area contributed by atoms with Gasteiger partial charge in [-0.25, -0.2) is 4.79 Å². The number of anilines is 1. The molecule has 0 atom stereocenters. The zero-order valence-corrected chi connectivity index (χ0v) is 12.1. The molecule has 108 valence electrons. The molecule has 6 heteroatoms. The van der Waals surface area contributed by atoms with Gasteiger partial charge in [-0.3, -0.25) is 9.78 Å². The molecule has 0 aliphatic carbocycles. The topological polar surface area (TPSA) is 68.3 Å². The Kier molecular flexibility index (Phi) is 4.90. The number of esters is 1. The number of hydrogen-bond acceptors (Lipinski definition) is 4. The van der Waals surface area contributed by atoms with Gasteiger partial charge in [0.25, 0.3) is 5.91 Å². The Labute approximate surface area is 126 Å². The van der Waals surface area contributed by atoms with Crippen molar-refractivity contribution in [3.63, 3.8) is 0 Å². The number of carbonyl (C=O) groups is 2. The third kappa shape index (κ3) is 4.29. The SMILES string of the molecule is Cc1ccc(Cl)cc1NC(=O)COC(=O)c1cccnc1. The maximum Gasteiger partial charge on any atom is 0.340 e. The number of benzene rings is 1. The average Bonchev–Trinajstić information content (AvgIpc) is 2.49. The molecule has 1 heterocycles. The van der Waals surface area contributed by atoms with Crippen LogP contribution in [0.5, 0.6) is 0 Å². The van der Waals surface area contributed by atoms with Crippen molar-refractivity contribution in [3.8, 4) is 0 Å². The minimum absolute atomic E-state index is 0.296. The number of aryl methyl sites for hydroxylation is 1. The monoisotopic (exact) mass is 304 g/mol. The lowest BCUT2D eigenvalue weighted by Crippen LogP contribution is -2.21. The predicted molar refractivity (Wildman–Crippen MR) is 79.3 cm³/mol. The maximum absolute atomic E-state index is 11.8. The molecule has 0 saturated heterocycles. The Balaban J connectivity index is 1.91. The number of halogens is 1. The number of nitrogens with zero attached hydrogens (tertiary/aromatic N) is 1. The van der Waals surface area contributed by atoms with E-state index in [4.69, 9.17) is 16.3 Å². The molecular formula is C15H13ClN2O3. The van der Waals surface area contributed by atoms with Crippen molar-refractivity contribution >= 4 is 29.2 Å². The zero-order valence-electron chi connectivity index (χ0n) is 11.3. The number of amides is 1. The van der Waals surface area contributed by atoms with Gasteiger partial charge in [0.1, 0.15) is 0 Å². The van der Waals surface area contributed by atoms with Crippen molar-refractivity contribution in [2.45, 2.75) is 6.92 Å². The summed E-state index contributed by atoms with van der Waals surface area (Å²) in [6.07, 6.45) is 2.92. The second-order valence-electron chi connectivity index (χ2n) is 4.33. The van der Waals surface area contributed by atoms with Gasteiger partial charge in [0.05, 0.1) is 5.56 Å². The molecule has 0 saturated carbocycles. The van der Waals surface area contributed by atoms with Gasteiger partial charge >= 0.3 is 5.97 Å². The van der Waals surface area contributed by atoms with E-state index in [2.05, 4.69) is 10.3 Å². The van der Waals surface area contributed by atoms with Crippen LogP contribution in [0.15, 0.2) is 42.7 Å². The molecule has 21 heavy (non-hydrogen) atoms. The van der Waals surface area contributed by atoms with E-state index in [0.29, 0.717) is 16.3 Å². The van der Waals surface area contributed by atoms with Crippen molar-refractivity contribution < 1.29 is 14.3 Å². The van der Waals surface area contributed by atoms with Gasteiger partial charge < -0.3 is 10.1 Å². The predicted octanol–water partition coefficient (Wildman–Crippen LogP) is 2.84. The first-order valence-corrected chi connectivity index (χ1v) is 6.57. The quantitative estimate of drug-likeness (QED) is 0.882. The molecule has 0 bridgehead atoms. The second-order valence-corrected chi connectivity index (χ2v) is 4.76. The fourth-order valence-corrected chi connectivity index (χ4v) is 1.79. The first-order valence-electron chi connectivity index (χ1n) is 6.19. The van der Waals surface area contributed by atoms with Crippen molar-refractivity contribution in [1.29, 1.82) is 0 Å². The number of hydrogen-bond donors (Lipinski definition) is 1. The number of ether oxygens (including phenoxy) is 1. The molecule has 2 rings (SSSR count). The lowest BCUT2D eigenvalue weighted by atomic mass is 10.2. The van der Waals surface area contributed by atoms with Crippen LogP contribution >= 0.6 is 11.6 Å². The highest BCUT2D eigenvalue weighted by Gasteiger charge is 2.11. The number of carbonyl (C=O) groups excluding carboxylic acids is 2. The van der Waals surface area contributed by atoms with Gasteiger partial charge in [-0.2, -0.15) is 0 Å². The highest BCUT2D eigenvalue weighted by atomic mass is 35.5. The summed E-state index contributed by atoms with van der Waals surface area (Å²) >= 11 is 5.86. The summed E-state index contributed by atoms with van der Waals surface area (Å²) in [5.74, 6) is -1.03. The lowest BCUT2D eigenvalue weighted by Gasteiger charge is -2.09. The lowest BCUT2D eigenvalue weighted by molar-refractivity contribution is -0.119. The van der Waals surface area contributed by atoms with Crippen LogP contribution in [0, 0.1) is 6.92 Å². The zero-order chi connectivity index (χ0) is 15.2. The summed E-state index contributed by atoms with van der Waals surface area (Å²) in [6, 6.07) is 8.34. The third-order valence-electron chi connectivity index (χ3n) is 2.71. The van der Waals surface area contributed by atoms with E-state index in [1.807, 2.05) is 6.92 Å². The standard InChI is InChI=1S/C15H13ClN2O3/c1-10-4-5-12(16)7-13(10)18-14(19)9-21-15(20)11-3-2-6-17-8-11/h2-8H,9H2,1H3,(H,18,19). The molecule has 2 aromatic rings. The summed E-state index contributed by atoms with van der Waals surface area (Å²) in [5.41, 5.74) is 1.75. The van der Waals surface area contributed by atoms with Crippen LogP contribution in [-0.4, -0.2) is 23.5 Å². The first-order chi connectivity index (χ1) is 10.1. The fourth-order valence-electron chi connectivity index (χ4n) is 1.61. The number of pyridine rings is 1. The fraction of sp³-hybridized carbons (Fsp3) is 0.133. The summed E-state index contributed by atoms with van der Waals surface area (Å²) in [7, 11) is 0. The Morgan fingerprint density at radius 2 is 2.14 bits per heavy atom. The van der Waals surface area contributed by atoms with E-state index in [1.54, 1.807) is 36.5 Å². The molecule has 0 fully saturated rings. The van der Waals surface area contributed by atoms with E-state index >= 15 is 0 Å². The first kappa shape index (κ1) is 15.0. The van der Waals surface area contributed by atoms with E-state index in [0.717, 1.165) is 5.56 Å². The van der Waals surface area contributed by atoms with Crippen molar-refractivity contribution in [2.75, 3.05) is 11.9 Å². The van der Waals surface area contributed by atoms with Crippen LogP contribution in [-0.2, 0) is 9.53 Å². The highest BCUT2D eigenvalue weighted by Crippen LogP contribution is 2.19. The summed E-state index contributed by atoms with van der Waals surface area (Å²) < 4.78 is 4.91. The molecule has 0 aliphatic rings. The van der Waals surface area contributed by atoms with Crippen molar-refractivity contribution in [1.82, 2.24) is 4.98 Å². The number of aromatic nitrogens is 1. The normalized spacial score (nSPS) is 10.0. The van der Waals surface area contributed by atoms with Gasteiger partial charge in [0, 0.05) is 23.1 Å². The van der Waals surface area contributed by atoms with Crippen molar-refractivity contribution in [2.24, 2.45) is 0 Å². The van der Waals surface area contributed by atoms with Crippen molar-refractivity contribution in [3.05, 3.63) is 58.9 Å². The molecule has 0 spiro atoms. The Hall–Kier alpha value is -2.40. The summed E-state index contributed by atoms with van der Waals surface area (Å²) in [5, 5.41) is 3.16. The maximum atomic E-state index is 11.8. The van der Waals surface area contributed by atoms with Gasteiger partial charge in [-0.15, -0.1) is 0 Å². The van der Waals surface area contributed by atoms with Crippen LogP contribution in [0.25, 0.3) is 0 Å². The van der Waals surface area contributed by atoms with Crippen LogP contribution < -0.4 is 5.32 Å². The molecule has 1 aromatic heterocycles. The van der Waals surface area contributed by atoms with Gasteiger partial charge in [-0.05, 0) is 36.8 Å². The second kappa shape index (κ2) is 6.85. The van der Waals surface area contributed by atoms with Crippen LogP contribution in [0.1, 0.15) is 15.9 Å². The van der Waals surface area contributed by atoms with Gasteiger partial charge in [0.15, 0.2) is 6.61 Å². The Morgan fingerprint density at radius 3 is 2.86 bits per heavy atom. The smallest absolute Gasteiger partial charge is 0.340 e. The third-order valence-corrected chi connectivity index (χ3v) is 2.94. The molecule has 0 aliphatic heterocycles. The van der Waals surface area contributed by atoms with Crippen LogP contribution in [0.3, 0.4) is 0 Å². The average molecular weight is 305 g/mol. The molecule has 0 radical (unpaired) electrons. The largest absolute Gasteiger partial charge is 0.452 e. The molecule has 1 amide bonds. The van der Waals surface area contributed by atoms with E-state index in [1.165, 1.54) is 6.20 Å². The van der Waals surface area contributed by atoms with Crippen LogP contribution in [0.4, 0.5) is 5.69 Å². The minimum Gasteiger partial charge on any atom is -0.452 e. The molecule has 5 nitrogen and oxygen atoms in total. The molecule has 1 aromatic carbocycles. The number of rotatable bonds is 4. The van der Waals surface area contributed by atoms with E-state index in [9.17, 15) is 9.59 Å². The Bertz CT molecular complexity index is 659. The van der Waals surface area contributed by atoms with Gasteiger partial charge in [0.2, 0.25) is 0 Å². The Morgan fingerprint density at radius 1 is 1.33 bits per heavy atom. The molecular weight excluding hydrogens is 292 g/mol. The highest BCUT2D eigenvalue weighted by molar-refractivity contribution is 6.31. The van der Waals surface area contributed by atoms with Crippen LogP contribution in [0.2, 0.25) is 5.02 Å². The minimum atomic E-state index is -0.596. The molecule has 0 unspecified atom stereocenters. The van der Waals surface area contributed by atoms with E-state index < -0.39 is 11.9 Å². The summed E-state index contributed by atoms with van der Waals surface area (Å²) in [6.45, 7) is 1.47. The van der Waals surface area contributed by atoms with E-state index in [-0.39, 0.29) is 6.61 Å².